The topological polar surface area (TPSA) is 88.2 Å². The lowest BCUT2D eigenvalue weighted by Crippen LogP contribution is -2.52. The molecule has 2 saturated heterocycles. The number of hydrogen-bond acceptors (Lipinski definition) is 6. The van der Waals surface area contributed by atoms with Crippen molar-refractivity contribution in [2.24, 2.45) is 0 Å². The zero-order chi connectivity index (χ0) is 25.4. The van der Waals surface area contributed by atoms with Crippen molar-refractivity contribution in [2.45, 2.75) is 38.0 Å². The van der Waals surface area contributed by atoms with E-state index in [2.05, 4.69) is 10.2 Å². The first-order chi connectivity index (χ1) is 17.3. The van der Waals surface area contributed by atoms with Gasteiger partial charge < -0.3 is 14.4 Å². The second-order valence-electron chi connectivity index (χ2n) is 9.29. The number of benzene rings is 2. The Kier molecular flexibility index (Phi) is 6.95. The van der Waals surface area contributed by atoms with Gasteiger partial charge in [0.05, 0.1) is 25.8 Å². The smallest absolute Gasteiger partial charge is 0.255 e. The highest BCUT2D eigenvalue weighted by Gasteiger charge is 2.40. The largest absolute Gasteiger partial charge is 0.496 e. The molecule has 11 heteroatoms. The predicted molar refractivity (Wildman–Crippen MR) is 135 cm³/mol. The van der Waals surface area contributed by atoms with Crippen molar-refractivity contribution < 1.29 is 23.9 Å². The Bertz CT molecular complexity index is 1220. The number of piperidine rings is 1. The molecule has 5 rings (SSSR count). The van der Waals surface area contributed by atoms with Crippen LogP contribution in [0.3, 0.4) is 0 Å². The van der Waals surface area contributed by atoms with Gasteiger partial charge in [-0.2, -0.15) is 0 Å². The Morgan fingerprint density at radius 2 is 1.89 bits per heavy atom. The van der Waals surface area contributed by atoms with E-state index in [4.69, 9.17) is 33.0 Å². The summed E-state index contributed by atoms with van der Waals surface area (Å²) in [5.41, 5.74) is 3.57. The maximum Gasteiger partial charge on any atom is 0.255 e. The molecule has 3 aliphatic heterocycles. The zero-order valence-corrected chi connectivity index (χ0v) is 19.9. The lowest BCUT2D eigenvalue weighted by Gasteiger charge is -2.29. The van der Waals surface area contributed by atoms with Gasteiger partial charge in [-0.15, -0.1) is 0 Å². The number of morpholine rings is 1. The van der Waals surface area contributed by atoms with Gasteiger partial charge >= 0.3 is 0 Å². The lowest BCUT2D eigenvalue weighted by molar-refractivity contribution is -0.136. The molecule has 0 bridgehead atoms. The van der Waals surface area contributed by atoms with Crippen LogP contribution in [-0.4, -0.2) is 83.4 Å². The molecule has 36 heavy (non-hydrogen) atoms. The number of imide groups is 1. The van der Waals surface area contributed by atoms with E-state index >= 15 is 0 Å². The molecule has 3 aliphatic rings. The van der Waals surface area contributed by atoms with Gasteiger partial charge in [-0.25, -0.2) is 0 Å². The van der Waals surface area contributed by atoms with Crippen molar-refractivity contribution in [2.75, 3.05) is 26.3 Å². The molecule has 0 spiro atoms. The standard InChI is InChI=1S/C25H24B3N3O5/c26-18-11-16(19(27)10-14(18)12-30-6-8-35-9-7-30)23(28)36-21-3-1-2-15-17(21)13-31(25(15)34)20-4-5-22(32)29-24(20)33/h1-3,10-11,20,23H,4-9,12-13H2,(H,29,32,33). The molecule has 0 saturated carbocycles. The van der Waals surface area contributed by atoms with Crippen LogP contribution in [0.25, 0.3) is 0 Å². The Hall–Kier alpha value is -3.04. The molecule has 0 aliphatic carbocycles. The summed E-state index contributed by atoms with van der Waals surface area (Å²) in [6.07, 6.45) is 0.472. The highest BCUT2D eigenvalue weighted by Crippen LogP contribution is 2.35. The number of nitrogens with zero attached hydrogens (tertiary/aromatic N) is 2. The predicted octanol–water partition coefficient (Wildman–Crippen LogP) is -0.886. The Morgan fingerprint density at radius 1 is 1.11 bits per heavy atom. The first-order valence-corrected chi connectivity index (χ1v) is 12.0. The van der Waals surface area contributed by atoms with E-state index < -0.39 is 18.0 Å². The minimum atomic E-state index is -0.920. The lowest BCUT2D eigenvalue weighted by atomic mass is 9.76. The van der Waals surface area contributed by atoms with Crippen molar-refractivity contribution >= 4 is 52.2 Å². The van der Waals surface area contributed by atoms with Crippen LogP contribution in [0, 0.1) is 0 Å². The van der Waals surface area contributed by atoms with Crippen molar-refractivity contribution in [3.8, 4) is 5.75 Å². The monoisotopic (exact) mass is 479 g/mol. The van der Waals surface area contributed by atoms with E-state index in [1.165, 1.54) is 4.90 Å². The van der Waals surface area contributed by atoms with Gasteiger partial charge in [0.25, 0.3) is 5.91 Å². The van der Waals surface area contributed by atoms with Crippen molar-refractivity contribution in [3.63, 3.8) is 0 Å². The van der Waals surface area contributed by atoms with Crippen LogP contribution in [0.2, 0.25) is 0 Å². The van der Waals surface area contributed by atoms with E-state index in [9.17, 15) is 14.4 Å². The van der Waals surface area contributed by atoms with E-state index in [-0.39, 0.29) is 31.2 Å². The van der Waals surface area contributed by atoms with Gasteiger partial charge in [0.2, 0.25) is 11.8 Å². The van der Waals surface area contributed by atoms with Crippen molar-refractivity contribution in [1.29, 1.82) is 0 Å². The van der Waals surface area contributed by atoms with Gasteiger partial charge in [0, 0.05) is 37.2 Å². The van der Waals surface area contributed by atoms with Crippen molar-refractivity contribution in [3.05, 3.63) is 52.6 Å². The SMILES string of the molecule is [B]c1cc(C([B])Oc2cccc3c2CN(C2CCC(=O)NC2=O)C3=O)c([B])cc1CN1CCOCC1. The molecule has 3 heterocycles. The molecule has 2 aromatic carbocycles. The normalized spacial score (nSPS) is 21.3. The summed E-state index contributed by atoms with van der Waals surface area (Å²) in [6.45, 7) is 3.89. The Balaban J connectivity index is 1.33. The molecule has 2 aromatic rings. The van der Waals surface area contributed by atoms with Gasteiger partial charge in [0.1, 0.15) is 35.3 Å². The molecule has 1 N–H and O–H groups in total. The third-order valence-corrected chi connectivity index (χ3v) is 6.94. The number of amides is 3. The number of hydrogen-bond donors (Lipinski definition) is 1. The molecule has 2 fully saturated rings. The summed E-state index contributed by atoms with van der Waals surface area (Å²) in [7, 11) is 19.1. The van der Waals surface area contributed by atoms with Crippen LogP contribution in [0.15, 0.2) is 30.3 Å². The van der Waals surface area contributed by atoms with Gasteiger partial charge in [-0.3, -0.25) is 24.6 Å². The fourth-order valence-corrected chi connectivity index (χ4v) is 4.95. The fraction of sp³-hybridized carbons (Fsp3) is 0.400. The summed E-state index contributed by atoms with van der Waals surface area (Å²) in [6, 6.07) is 7.05. The third-order valence-electron chi connectivity index (χ3n) is 6.94. The second kappa shape index (κ2) is 10.1. The Labute approximate surface area is 213 Å². The first kappa shape index (κ1) is 24.7. The molecular weight excluding hydrogens is 455 g/mol. The van der Waals surface area contributed by atoms with Gasteiger partial charge in [-0.1, -0.05) is 29.1 Å². The van der Waals surface area contributed by atoms with Crippen LogP contribution in [-0.2, 0) is 27.4 Å². The van der Waals surface area contributed by atoms with E-state index in [0.29, 0.717) is 53.1 Å². The van der Waals surface area contributed by atoms with Crippen LogP contribution >= 0.6 is 0 Å². The van der Waals surface area contributed by atoms with Crippen molar-refractivity contribution in [1.82, 2.24) is 15.1 Å². The van der Waals surface area contributed by atoms with E-state index in [1.54, 1.807) is 24.3 Å². The van der Waals surface area contributed by atoms with Crippen LogP contribution in [0.4, 0.5) is 0 Å². The molecule has 0 aromatic heterocycles. The molecular formula is C25H24B3N3O5. The number of nitrogens with one attached hydrogen (secondary N) is 1. The summed E-state index contributed by atoms with van der Waals surface area (Å²) >= 11 is 0. The van der Waals surface area contributed by atoms with Crippen LogP contribution in [0.5, 0.6) is 5.75 Å². The molecule has 8 nitrogen and oxygen atoms in total. The fourth-order valence-electron chi connectivity index (χ4n) is 4.95. The highest BCUT2D eigenvalue weighted by molar-refractivity contribution is 6.37. The van der Waals surface area contributed by atoms with E-state index in [0.717, 1.165) is 18.7 Å². The summed E-state index contributed by atoms with van der Waals surface area (Å²) < 4.78 is 11.5. The maximum atomic E-state index is 13.1. The summed E-state index contributed by atoms with van der Waals surface area (Å²) in [5.74, 6) is -0.650. The first-order valence-electron chi connectivity index (χ1n) is 12.0. The second-order valence-corrected chi connectivity index (χ2v) is 9.29. The Morgan fingerprint density at radius 3 is 2.64 bits per heavy atom. The number of rotatable bonds is 6. The van der Waals surface area contributed by atoms with Gasteiger partial charge in [0.15, 0.2) is 0 Å². The van der Waals surface area contributed by atoms with Gasteiger partial charge in [-0.05, 0) is 29.7 Å². The molecule has 2 atom stereocenters. The number of fused-ring (bicyclic) bond motifs is 1. The highest BCUT2D eigenvalue weighted by atomic mass is 16.5. The number of carbonyl (C=O) groups excluding carboxylic acids is 3. The molecule has 2 unspecified atom stereocenters. The number of ether oxygens (including phenoxy) is 2. The van der Waals surface area contributed by atoms with Crippen LogP contribution in [0.1, 0.15) is 45.9 Å². The average molecular weight is 479 g/mol. The van der Waals surface area contributed by atoms with E-state index in [1.807, 2.05) is 6.07 Å². The molecule has 3 amide bonds. The summed E-state index contributed by atoms with van der Waals surface area (Å²) in [4.78, 5) is 40.6. The van der Waals surface area contributed by atoms with Crippen LogP contribution < -0.4 is 21.0 Å². The number of carbonyl (C=O) groups is 3. The minimum Gasteiger partial charge on any atom is -0.496 e. The quantitative estimate of drug-likeness (QED) is 0.428. The molecule has 178 valence electrons. The minimum absolute atomic E-state index is 0.180. The zero-order valence-electron chi connectivity index (χ0n) is 19.9. The summed E-state index contributed by atoms with van der Waals surface area (Å²) in [5, 5.41) is 2.31. The third kappa shape index (κ3) is 4.82. The maximum absolute atomic E-state index is 13.1. The molecule has 6 radical (unpaired) electrons. The average Bonchev–Trinajstić information content (AvgIpc) is 3.19.